The second-order valence-corrected chi connectivity index (χ2v) is 8.70. The maximum atomic E-state index is 14.0. The van der Waals surface area contributed by atoms with Gasteiger partial charge >= 0.3 is 0 Å². The summed E-state index contributed by atoms with van der Waals surface area (Å²) in [5.41, 5.74) is 7.93. The molecule has 1 fully saturated rings. The number of hydrogen-bond acceptors (Lipinski definition) is 1. The largest absolute Gasteiger partial charge is 0.339 e. The van der Waals surface area contributed by atoms with Crippen molar-refractivity contribution in [3.63, 3.8) is 0 Å². The van der Waals surface area contributed by atoms with Crippen LogP contribution < -0.4 is 0 Å². The van der Waals surface area contributed by atoms with E-state index in [0.29, 0.717) is 0 Å². The maximum Gasteiger partial charge on any atom is 0.255 e. The molecule has 32 heavy (non-hydrogen) atoms. The van der Waals surface area contributed by atoms with Gasteiger partial charge in [-0.3, -0.25) is 4.79 Å². The van der Waals surface area contributed by atoms with Crippen molar-refractivity contribution in [2.75, 3.05) is 13.1 Å². The first-order valence-electron chi connectivity index (χ1n) is 11.7. The van der Waals surface area contributed by atoms with Gasteiger partial charge in [-0.05, 0) is 65.5 Å². The smallest absolute Gasteiger partial charge is 0.255 e. The van der Waals surface area contributed by atoms with Gasteiger partial charge in [0.1, 0.15) is 0 Å². The fourth-order valence-electron chi connectivity index (χ4n) is 4.96. The zero-order valence-corrected chi connectivity index (χ0v) is 18.5. The molecule has 3 aromatic rings. The summed E-state index contributed by atoms with van der Waals surface area (Å²) < 4.78 is 0. The van der Waals surface area contributed by atoms with Crippen molar-refractivity contribution in [1.29, 1.82) is 0 Å². The monoisotopic (exact) mass is 419 g/mol. The van der Waals surface area contributed by atoms with Gasteiger partial charge in [-0.15, -0.1) is 0 Å². The Hall–Kier alpha value is -3.39. The molecule has 0 aromatic heterocycles. The average Bonchev–Trinajstić information content (AvgIpc) is 2.88. The van der Waals surface area contributed by atoms with Crippen LogP contribution in [0.5, 0.6) is 0 Å². The molecule has 2 aliphatic rings. The molecular formula is C30H29NO. The lowest BCUT2D eigenvalue weighted by Gasteiger charge is -2.30. The predicted molar refractivity (Wildman–Crippen MR) is 133 cm³/mol. The molecule has 0 bridgehead atoms. The van der Waals surface area contributed by atoms with Crippen LogP contribution >= 0.6 is 0 Å². The van der Waals surface area contributed by atoms with E-state index in [2.05, 4.69) is 71.6 Å². The Bertz CT molecular complexity index is 1150. The van der Waals surface area contributed by atoms with Crippen LogP contribution in [0.3, 0.4) is 0 Å². The molecule has 2 heteroatoms. The number of hydrogen-bond donors (Lipinski definition) is 0. The molecule has 0 spiro atoms. The fourth-order valence-corrected chi connectivity index (χ4v) is 4.96. The van der Waals surface area contributed by atoms with Crippen LogP contribution in [0.15, 0.2) is 90.5 Å². The standard InChI is InChI=1S/C30H29NO/c32-30(31-20-10-3-11-21-31)29(25-15-6-2-7-16-25)28(24-13-4-1-5-14-24)27-19-18-23-12-8-9-17-26(23)22-27/h1-2,4-9,12-17,22H,3,10-11,18-21H2/b29-28+. The van der Waals surface area contributed by atoms with Gasteiger partial charge in [-0.25, -0.2) is 0 Å². The fraction of sp³-hybridized carbons (Fsp3) is 0.233. The third-order valence-corrected chi connectivity index (χ3v) is 6.60. The molecule has 1 aliphatic carbocycles. The van der Waals surface area contributed by atoms with E-state index in [4.69, 9.17) is 0 Å². The van der Waals surface area contributed by atoms with Gasteiger partial charge in [0.2, 0.25) is 0 Å². The van der Waals surface area contributed by atoms with Crippen molar-refractivity contribution in [3.8, 4) is 0 Å². The quantitative estimate of drug-likeness (QED) is 0.343. The summed E-state index contributed by atoms with van der Waals surface area (Å²) in [5.74, 6) is 0.162. The van der Waals surface area contributed by atoms with Crippen LogP contribution in [0, 0.1) is 0 Å². The van der Waals surface area contributed by atoms with Crippen molar-refractivity contribution in [1.82, 2.24) is 4.90 Å². The first-order valence-corrected chi connectivity index (χ1v) is 11.7. The zero-order chi connectivity index (χ0) is 21.8. The van der Waals surface area contributed by atoms with Crippen LogP contribution in [0.4, 0.5) is 0 Å². The van der Waals surface area contributed by atoms with Gasteiger partial charge in [0.25, 0.3) is 5.91 Å². The van der Waals surface area contributed by atoms with E-state index in [1.165, 1.54) is 23.1 Å². The highest BCUT2D eigenvalue weighted by Gasteiger charge is 2.27. The number of aryl methyl sites for hydroxylation is 1. The average molecular weight is 420 g/mol. The lowest BCUT2D eigenvalue weighted by Crippen LogP contribution is -2.36. The molecule has 1 amide bonds. The summed E-state index contributed by atoms with van der Waals surface area (Å²) in [6.45, 7) is 1.69. The summed E-state index contributed by atoms with van der Waals surface area (Å²) in [6, 6.07) is 29.3. The van der Waals surface area contributed by atoms with E-state index >= 15 is 0 Å². The Morgan fingerprint density at radius 1 is 0.656 bits per heavy atom. The lowest BCUT2D eigenvalue weighted by molar-refractivity contribution is -0.125. The SMILES string of the molecule is O=C(/C(=C(/C1=Cc2ccccc2CC1)c1ccccc1)c1ccccc1)N1CCCCC1. The van der Waals surface area contributed by atoms with Crippen LogP contribution in [0.2, 0.25) is 0 Å². The molecule has 3 aromatic carbocycles. The highest BCUT2D eigenvalue weighted by atomic mass is 16.2. The van der Waals surface area contributed by atoms with E-state index in [0.717, 1.165) is 61.0 Å². The molecule has 0 N–H and O–H groups in total. The van der Waals surface area contributed by atoms with E-state index in [1.807, 2.05) is 24.3 Å². The summed E-state index contributed by atoms with van der Waals surface area (Å²) in [5, 5.41) is 0. The number of piperidine rings is 1. The number of amides is 1. The third kappa shape index (κ3) is 4.18. The van der Waals surface area contributed by atoms with Crippen LogP contribution in [-0.4, -0.2) is 23.9 Å². The van der Waals surface area contributed by atoms with Gasteiger partial charge in [-0.2, -0.15) is 0 Å². The van der Waals surface area contributed by atoms with E-state index < -0.39 is 0 Å². The molecule has 0 unspecified atom stereocenters. The van der Waals surface area contributed by atoms with Crippen LogP contribution in [0.25, 0.3) is 17.2 Å². The number of likely N-dealkylation sites (tertiary alicyclic amines) is 1. The summed E-state index contributed by atoms with van der Waals surface area (Å²) in [7, 11) is 0. The van der Waals surface area contributed by atoms with Crippen LogP contribution in [-0.2, 0) is 11.2 Å². The Balaban J connectivity index is 1.74. The Labute approximate surface area is 190 Å². The first kappa shape index (κ1) is 20.5. The Morgan fingerprint density at radius 3 is 2.00 bits per heavy atom. The number of fused-ring (bicyclic) bond motifs is 1. The van der Waals surface area contributed by atoms with Crippen molar-refractivity contribution >= 4 is 23.1 Å². The number of carbonyl (C=O) groups excluding carboxylic acids is 1. The summed E-state index contributed by atoms with van der Waals surface area (Å²) in [6.07, 6.45) is 7.62. The van der Waals surface area contributed by atoms with Crippen molar-refractivity contribution in [2.45, 2.75) is 32.1 Å². The van der Waals surface area contributed by atoms with Crippen molar-refractivity contribution in [3.05, 3.63) is 113 Å². The second kappa shape index (κ2) is 9.40. The summed E-state index contributed by atoms with van der Waals surface area (Å²) >= 11 is 0. The van der Waals surface area contributed by atoms with Gasteiger partial charge in [0.15, 0.2) is 0 Å². The van der Waals surface area contributed by atoms with Gasteiger partial charge in [0.05, 0.1) is 5.57 Å². The van der Waals surface area contributed by atoms with E-state index in [9.17, 15) is 4.79 Å². The molecule has 0 radical (unpaired) electrons. The normalized spacial score (nSPS) is 16.6. The third-order valence-electron chi connectivity index (χ3n) is 6.60. The van der Waals surface area contributed by atoms with Gasteiger partial charge in [-0.1, -0.05) is 91.0 Å². The number of benzene rings is 3. The molecule has 1 saturated heterocycles. The highest BCUT2D eigenvalue weighted by Crippen LogP contribution is 2.39. The molecule has 2 nitrogen and oxygen atoms in total. The molecule has 160 valence electrons. The number of carbonyl (C=O) groups is 1. The molecule has 1 heterocycles. The minimum atomic E-state index is 0.162. The topological polar surface area (TPSA) is 20.3 Å². The predicted octanol–water partition coefficient (Wildman–Crippen LogP) is 6.64. The maximum absolute atomic E-state index is 14.0. The lowest BCUT2D eigenvalue weighted by atomic mass is 9.82. The zero-order valence-electron chi connectivity index (χ0n) is 18.5. The van der Waals surface area contributed by atoms with Crippen molar-refractivity contribution < 1.29 is 4.79 Å². The molecule has 5 rings (SSSR count). The molecule has 0 atom stereocenters. The highest BCUT2D eigenvalue weighted by molar-refractivity contribution is 6.29. The number of allylic oxidation sites excluding steroid dienone is 2. The molecule has 0 saturated carbocycles. The van der Waals surface area contributed by atoms with Gasteiger partial charge in [0, 0.05) is 13.1 Å². The Kier molecular flexibility index (Phi) is 6.02. The van der Waals surface area contributed by atoms with Gasteiger partial charge < -0.3 is 4.90 Å². The van der Waals surface area contributed by atoms with E-state index in [1.54, 1.807) is 0 Å². The second-order valence-electron chi connectivity index (χ2n) is 8.70. The molecule has 1 aliphatic heterocycles. The number of nitrogens with zero attached hydrogens (tertiary/aromatic N) is 1. The first-order chi connectivity index (χ1) is 15.8. The van der Waals surface area contributed by atoms with E-state index in [-0.39, 0.29) is 5.91 Å². The van der Waals surface area contributed by atoms with Crippen LogP contribution in [0.1, 0.15) is 47.9 Å². The minimum absolute atomic E-state index is 0.162. The Morgan fingerprint density at radius 2 is 1.28 bits per heavy atom. The van der Waals surface area contributed by atoms with Crippen molar-refractivity contribution in [2.24, 2.45) is 0 Å². The number of rotatable bonds is 4. The minimum Gasteiger partial charge on any atom is -0.339 e. The summed E-state index contributed by atoms with van der Waals surface area (Å²) in [4.78, 5) is 16.1. The molecular weight excluding hydrogens is 390 g/mol.